The first kappa shape index (κ1) is 16.7. The number of hydrogen-bond donors (Lipinski definition) is 0. The van der Waals surface area contributed by atoms with Crippen molar-refractivity contribution in [3.8, 4) is 0 Å². The van der Waals surface area contributed by atoms with Gasteiger partial charge in [-0.2, -0.15) is 5.10 Å². The molecular weight excluding hydrogens is 346 g/mol. The molecule has 0 spiro atoms. The maximum atomic E-state index is 4.94. The molecular formula is C23H21N5. The van der Waals surface area contributed by atoms with Crippen LogP contribution in [0.25, 0.3) is 11.0 Å². The van der Waals surface area contributed by atoms with E-state index in [4.69, 9.17) is 5.10 Å². The second-order valence-corrected chi connectivity index (χ2v) is 7.25. The topological polar surface area (TPSA) is 46.3 Å². The highest BCUT2D eigenvalue weighted by atomic mass is 15.5. The highest BCUT2D eigenvalue weighted by Crippen LogP contribution is 2.40. The van der Waals surface area contributed by atoms with Crippen LogP contribution < -0.4 is 0 Å². The summed E-state index contributed by atoms with van der Waals surface area (Å²) in [6.07, 6.45) is 0. The Hall–Kier alpha value is -3.47. The molecule has 5 nitrogen and oxygen atoms in total. The molecule has 4 aromatic rings. The number of fused-ring (bicyclic) bond motifs is 1. The van der Waals surface area contributed by atoms with E-state index in [1.165, 1.54) is 11.1 Å². The van der Waals surface area contributed by atoms with E-state index in [0.29, 0.717) is 0 Å². The summed E-state index contributed by atoms with van der Waals surface area (Å²) >= 11 is 0. The van der Waals surface area contributed by atoms with Gasteiger partial charge in [0.15, 0.2) is 0 Å². The smallest absolute Gasteiger partial charge is 0.125 e. The first-order chi connectivity index (χ1) is 13.7. The quantitative estimate of drug-likeness (QED) is 0.540. The Balaban J connectivity index is 1.70. The van der Waals surface area contributed by atoms with Gasteiger partial charge in [-0.05, 0) is 24.6 Å². The number of aromatic nitrogens is 3. The molecule has 0 unspecified atom stereocenters. The van der Waals surface area contributed by atoms with Gasteiger partial charge in [0.25, 0.3) is 0 Å². The number of para-hydroxylation sites is 1. The predicted molar refractivity (Wildman–Crippen MR) is 111 cm³/mol. The zero-order valence-electron chi connectivity index (χ0n) is 15.9. The fourth-order valence-electron chi connectivity index (χ4n) is 3.99. The molecule has 1 aliphatic rings. The van der Waals surface area contributed by atoms with Gasteiger partial charge >= 0.3 is 0 Å². The molecule has 0 saturated carbocycles. The Morgan fingerprint density at radius 1 is 0.786 bits per heavy atom. The standard InChI is InChI=1S/C23H21N5/c1-16-12-14-18(15-13-16)22-23(28-20-11-7-6-10-19(20)24-26-28)21(25-27(22)2)17-8-4-3-5-9-17/h3-15,22-23H,1-2H3/t22-,23-/m0/s1. The Kier molecular flexibility index (Phi) is 3.93. The van der Waals surface area contributed by atoms with Crippen LogP contribution in [0.1, 0.15) is 28.8 Å². The van der Waals surface area contributed by atoms with Crippen molar-refractivity contribution in [3.05, 3.63) is 95.6 Å². The number of hydrogen-bond acceptors (Lipinski definition) is 4. The molecule has 1 aromatic heterocycles. The number of nitrogens with zero attached hydrogens (tertiary/aromatic N) is 5. The summed E-state index contributed by atoms with van der Waals surface area (Å²) in [5.74, 6) is 0. The lowest BCUT2D eigenvalue weighted by molar-refractivity contribution is 0.244. The fraction of sp³-hybridized carbons (Fsp3) is 0.174. The normalized spacial score (nSPS) is 19.2. The lowest BCUT2D eigenvalue weighted by Gasteiger charge is -2.26. The molecule has 0 bridgehead atoms. The largest absolute Gasteiger partial charge is 0.290 e. The van der Waals surface area contributed by atoms with Crippen LogP contribution in [-0.4, -0.2) is 32.8 Å². The van der Waals surface area contributed by atoms with E-state index in [1.54, 1.807) is 0 Å². The van der Waals surface area contributed by atoms with Gasteiger partial charge in [0, 0.05) is 12.6 Å². The van der Waals surface area contributed by atoms with E-state index in [2.05, 4.69) is 59.7 Å². The summed E-state index contributed by atoms with van der Waals surface area (Å²) in [6, 6.07) is 27.1. The molecule has 1 aliphatic heterocycles. The Labute approximate surface area is 163 Å². The summed E-state index contributed by atoms with van der Waals surface area (Å²) in [5.41, 5.74) is 6.48. The van der Waals surface area contributed by atoms with Crippen LogP contribution in [0.3, 0.4) is 0 Å². The van der Waals surface area contributed by atoms with Crippen LogP contribution in [0.2, 0.25) is 0 Å². The molecule has 2 atom stereocenters. The van der Waals surface area contributed by atoms with Crippen LogP contribution in [0.15, 0.2) is 84.0 Å². The van der Waals surface area contributed by atoms with Gasteiger partial charge in [0.05, 0.1) is 17.3 Å². The van der Waals surface area contributed by atoms with Crippen LogP contribution in [0.5, 0.6) is 0 Å². The molecule has 28 heavy (non-hydrogen) atoms. The maximum Gasteiger partial charge on any atom is 0.125 e. The van der Waals surface area contributed by atoms with E-state index in [1.807, 2.05) is 53.1 Å². The van der Waals surface area contributed by atoms with E-state index in [0.717, 1.165) is 22.3 Å². The lowest BCUT2D eigenvalue weighted by Crippen LogP contribution is -2.27. The van der Waals surface area contributed by atoms with Gasteiger partial charge in [-0.15, -0.1) is 5.10 Å². The molecule has 3 aromatic carbocycles. The van der Waals surface area contributed by atoms with Crippen molar-refractivity contribution in [2.45, 2.75) is 19.0 Å². The first-order valence-corrected chi connectivity index (χ1v) is 9.45. The SMILES string of the molecule is Cc1ccc([C@H]2[C@@H](n3nnc4ccccc43)C(c3ccccc3)=NN2C)cc1. The highest BCUT2D eigenvalue weighted by molar-refractivity contribution is 6.05. The van der Waals surface area contributed by atoms with Gasteiger partial charge in [-0.1, -0.05) is 77.5 Å². The molecule has 0 amide bonds. The summed E-state index contributed by atoms with van der Waals surface area (Å²) in [5, 5.41) is 15.9. The summed E-state index contributed by atoms with van der Waals surface area (Å²) in [7, 11) is 2.03. The second-order valence-electron chi connectivity index (χ2n) is 7.25. The van der Waals surface area contributed by atoms with Crippen LogP contribution in [-0.2, 0) is 0 Å². The van der Waals surface area contributed by atoms with Gasteiger partial charge < -0.3 is 0 Å². The zero-order valence-corrected chi connectivity index (χ0v) is 15.9. The van der Waals surface area contributed by atoms with Crippen molar-refractivity contribution in [1.29, 1.82) is 0 Å². The van der Waals surface area contributed by atoms with E-state index in [-0.39, 0.29) is 12.1 Å². The summed E-state index contributed by atoms with van der Waals surface area (Å²) < 4.78 is 2.02. The minimum Gasteiger partial charge on any atom is -0.290 e. The Morgan fingerprint density at radius 3 is 2.29 bits per heavy atom. The second kappa shape index (κ2) is 6.60. The third kappa shape index (κ3) is 2.67. The predicted octanol–water partition coefficient (Wildman–Crippen LogP) is 4.37. The molecule has 5 rings (SSSR count). The minimum absolute atomic E-state index is 0.0425. The third-order valence-electron chi connectivity index (χ3n) is 5.38. The Bertz CT molecular complexity index is 1140. The average molecular weight is 367 g/mol. The van der Waals surface area contributed by atoms with Gasteiger partial charge in [-0.25, -0.2) is 4.68 Å². The zero-order chi connectivity index (χ0) is 19.1. The fourth-order valence-corrected chi connectivity index (χ4v) is 3.99. The van der Waals surface area contributed by atoms with Crippen molar-refractivity contribution >= 4 is 16.7 Å². The van der Waals surface area contributed by atoms with Crippen molar-refractivity contribution < 1.29 is 0 Å². The van der Waals surface area contributed by atoms with E-state index >= 15 is 0 Å². The van der Waals surface area contributed by atoms with Crippen LogP contribution >= 0.6 is 0 Å². The number of benzene rings is 3. The number of aryl methyl sites for hydroxylation is 1. The van der Waals surface area contributed by atoms with Crippen LogP contribution in [0, 0.1) is 6.92 Å². The van der Waals surface area contributed by atoms with Gasteiger partial charge in [0.1, 0.15) is 11.6 Å². The summed E-state index contributed by atoms with van der Waals surface area (Å²) in [6.45, 7) is 2.11. The van der Waals surface area contributed by atoms with Crippen molar-refractivity contribution in [2.24, 2.45) is 5.10 Å². The molecule has 138 valence electrons. The lowest BCUT2D eigenvalue weighted by atomic mass is 9.92. The molecule has 2 heterocycles. The molecule has 0 radical (unpaired) electrons. The highest BCUT2D eigenvalue weighted by Gasteiger charge is 2.40. The average Bonchev–Trinajstić information content (AvgIpc) is 3.30. The number of hydrazone groups is 1. The summed E-state index contributed by atoms with van der Waals surface area (Å²) in [4.78, 5) is 0. The van der Waals surface area contributed by atoms with E-state index < -0.39 is 0 Å². The first-order valence-electron chi connectivity index (χ1n) is 9.45. The van der Waals surface area contributed by atoms with Crippen LogP contribution in [0.4, 0.5) is 0 Å². The van der Waals surface area contributed by atoms with Crippen molar-refractivity contribution in [1.82, 2.24) is 20.0 Å². The van der Waals surface area contributed by atoms with Crippen molar-refractivity contribution in [3.63, 3.8) is 0 Å². The molecule has 0 fully saturated rings. The number of likely N-dealkylation sites (N-methyl/N-ethyl adjacent to an activating group) is 1. The van der Waals surface area contributed by atoms with Gasteiger partial charge in [0.2, 0.25) is 0 Å². The molecule has 0 N–H and O–H groups in total. The third-order valence-corrected chi connectivity index (χ3v) is 5.38. The van der Waals surface area contributed by atoms with E-state index in [9.17, 15) is 0 Å². The molecule has 5 heteroatoms. The Morgan fingerprint density at radius 2 is 1.50 bits per heavy atom. The number of rotatable bonds is 3. The molecule has 0 saturated heterocycles. The van der Waals surface area contributed by atoms with Gasteiger partial charge in [-0.3, -0.25) is 5.01 Å². The maximum absolute atomic E-state index is 4.94. The van der Waals surface area contributed by atoms with Crippen molar-refractivity contribution in [2.75, 3.05) is 7.05 Å². The molecule has 0 aliphatic carbocycles. The minimum atomic E-state index is -0.0671. The monoisotopic (exact) mass is 367 g/mol.